The highest BCUT2D eigenvalue weighted by molar-refractivity contribution is 7.92. The number of rotatable bonds is 5. The second-order valence-corrected chi connectivity index (χ2v) is 6.62. The van der Waals surface area contributed by atoms with Crippen molar-refractivity contribution < 1.29 is 22.7 Å². The van der Waals surface area contributed by atoms with Gasteiger partial charge in [0.25, 0.3) is 10.0 Å². The van der Waals surface area contributed by atoms with Crippen molar-refractivity contribution >= 4 is 21.7 Å². The summed E-state index contributed by atoms with van der Waals surface area (Å²) in [5, 5.41) is 9.38. The van der Waals surface area contributed by atoms with Gasteiger partial charge < -0.3 is 5.11 Å². The minimum atomic E-state index is -4.22. The molecule has 2 aromatic carbocycles. The summed E-state index contributed by atoms with van der Waals surface area (Å²) in [5.41, 5.74) is 1.06. The smallest absolute Gasteiger partial charge is 0.338 e. The van der Waals surface area contributed by atoms with Gasteiger partial charge in [-0.15, -0.1) is 0 Å². The Morgan fingerprint density at radius 1 is 1.22 bits per heavy atom. The number of hydrogen-bond acceptors (Lipinski definition) is 3. The average Bonchev–Trinajstić information content (AvgIpc) is 2.47. The van der Waals surface area contributed by atoms with Gasteiger partial charge in [0.1, 0.15) is 10.7 Å². The van der Waals surface area contributed by atoms with Crippen molar-refractivity contribution in [1.82, 2.24) is 0 Å². The normalized spacial score (nSPS) is 11.3. The molecule has 0 fully saturated rings. The van der Waals surface area contributed by atoms with Crippen LogP contribution in [0.3, 0.4) is 0 Å². The van der Waals surface area contributed by atoms with E-state index in [1.807, 2.05) is 6.92 Å². The van der Waals surface area contributed by atoms with E-state index in [0.717, 1.165) is 17.7 Å². The van der Waals surface area contributed by atoms with Gasteiger partial charge in [0.15, 0.2) is 0 Å². The summed E-state index contributed by atoms with van der Waals surface area (Å²) in [6, 6.07) is 7.94. The molecule has 0 saturated heterocycles. The van der Waals surface area contributed by atoms with Gasteiger partial charge in [0, 0.05) is 0 Å². The van der Waals surface area contributed by atoms with Crippen molar-refractivity contribution in [2.75, 3.05) is 4.72 Å². The number of carboxylic acids is 1. The number of nitrogens with one attached hydrogen (secondary N) is 1. The van der Waals surface area contributed by atoms with Crippen LogP contribution in [0.4, 0.5) is 10.1 Å². The Labute approximate surface area is 133 Å². The minimum Gasteiger partial charge on any atom is -0.478 e. The van der Waals surface area contributed by atoms with E-state index in [1.54, 1.807) is 13.0 Å². The van der Waals surface area contributed by atoms with Crippen LogP contribution in [0.1, 0.15) is 28.4 Å². The Kier molecular flexibility index (Phi) is 4.70. The number of halogens is 1. The molecule has 2 N–H and O–H groups in total. The maximum Gasteiger partial charge on any atom is 0.338 e. The van der Waals surface area contributed by atoms with Crippen molar-refractivity contribution in [2.45, 2.75) is 25.2 Å². The van der Waals surface area contributed by atoms with Gasteiger partial charge >= 0.3 is 5.97 Å². The summed E-state index contributed by atoms with van der Waals surface area (Å²) >= 11 is 0. The molecule has 0 heterocycles. The van der Waals surface area contributed by atoms with E-state index in [2.05, 4.69) is 4.72 Å². The highest BCUT2D eigenvalue weighted by atomic mass is 32.2. The van der Waals surface area contributed by atoms with Crippen molar-refractivity contribution in [1.29, 1.82) is 0 Å². The number of benzene rings is 2. The summed E-state index contributed by atoms with van der Waals surface area (Å²) in [7, 11) is -4.22. The molecule has 23 heavy (non-hydrogen) atoms. The van der Waals surface area contributed by atoms with E-state index in [1.165, 1.54) is 18.2 Å². The maximum absolute atomic E-state index is 13.7. The topological polar surface area (TPSA) is 83.5 Å². The van der Waals surface area contributed by atoms with Crippen molar-refractivity contribution in [3.05, 3.63) is 58.9 Å². The summed E-state index contributed by atoms with van der Waals surface area (Å²) in [6.07, 6.45) is 0.618. The third-order valence-electron chi connectivity index (χ3n) is 3.54. The van der Waals surface area contributed by atoms with Gasteiger partial charge in [-0.3, -0.25) is 4.72 Å². The quantitative estimate of drug-likeness (QED) is 0.877. The number of sulfonamides is 1. The Balaban J connectivity index is 2.54. The fourth-order valence-corrected chi connectivity index (χ4v) is 3.51. The van der Waals surface area contributed by atoms with Crippen LogP contribution in [0.2, 0.25) is 0 Å². The summed E-state index contributed by atoms with van der Waals surface area (Å²) in [6.45, 7) is 3.49. The first-order valence-electron chi connectivity index (χ1n) is 6.91. The van der Waals surface area contributed by atoms with Crippen LogP contribution in [0.15, 0.2) is 41.3 Å². The van der Waals surface area contributed by atoms with Gasteiger partial charge in [-0.05, 0) is 42.7 Å². The molecular weight excluding hydrogens is 321 g/mol. The SMILES string of the molecule is CCc1ccc(NS(=O)(=O)c2ccccc2F)c(C(=O)O)c1C. The van der Waals surface area contributed by atoms with Gasteiger partial charge in [-0.25, -0.2) is 17.6 Å². The van der Waals surface area contributed by atoms with E-state index in [0.29, 0.717) is 12.0 Å². The Morgan fingerprint density at radius 2 is 1.87 bits per heavy atom. The van der Waals surface area contributed by atoms with Crippen LogP contribution in [-0.4, -0.2) is 19.5 Å². The van der Waals surface area contributed by atoms with E-state index < -0.39 is 26.7 Å². The van der Waals surface area contributed by atoms with Gasteiger partial charge in [0.05, 0.1) is 11.3 Å². The van der Waals surface area contributed by atoms with Crippen molar-refractivity contribution in [3.63, 3.8) is 0 Å². The zero-order valence-corrected chi connectivity index (χ0v) is 13.4. The molecular formula is C16H16FNO4S. The molecule has 0 saturated carbocycles. The zero-order valence-electron chi connectivity index (χ0n) is 12.6. The van der Waals surface area contributed by atoms with Crippen LogP contribution in [0.5, 0.6) is 0 Å². The molecule has 0 radical (unpaired) electrons. The lowest BCUT2D eigenvalue weighted by molar-refractivity contribution is 0.0697. The first-order valence-corrected chi connectivity index (χ1v) is 8.39. The summed E-state index contributed by atoms with van der Waals surface area (Å²) < 4.78 is 40.5. The highest BCUT2D eigenvalue weighted by Crippen LogP contribution is 2.26. The molecule has 0 amide bonds. The van der Waals surface area contributed by atoms with E-state index in [4.69, 9.17) is 0 Å². The monoisotopic (exact) mass is 337 g/mol. The fourth-order valence-electron chi connectivity index (χ4n) is 2.36. The predicted octanol–water partition coefficient (Wildman–Crippen LogP) is 3.20. The first-order chi connectivity index (χ1) is 10.8. The number of aryl methyl sites for hydroxylation is 1. The van der Waals surface area contributed by atoms with Crippen LogP contribution >= 0.6 is 0 Å². The molecule has 2 rings (SSSR count). The van der Waals surface area contributed by atoms with Crippen molar-refractivity contribution in [2.24, 2.45) is 0 Å². The third-order valence-corrected chi connectivity index (χ3v) is 4.94. The second kappa shape index (κ2) is 6.37. The van der Waals surface area contributed by atoms with E-state index in [9.17, 15) is 22.7 Å². The second-order valence-electron chi connectivity index (χ2n) is 4.97. The Bertz CT molecular complexity index is 862. The molecule has 0 aliphatic carbocycles. The third kappa shape index (κ3) is 3.34. The summed E-state index contributed by atoms with van der Waals surface area (Å²) in [4.78, 5) is 11.0. The van der Waals surface area contributed by atoms with Gasteiger partial charge in [-0.1, -0.05) is 25.1 Å². The summed E-state index contributed by atoms with van der Waals surface area (Å²) in [5.74, 6) is -2.15. The molecule has 122 valence electrons. The molecule has 0 unspecified atom stereocenters. The molecule has 0 aliphatic heterocycles. The van der Waals surface area contributed by atoms with Crippen LogP contribution in [-0.2, 0) is 16.4 Å². The number of hydrogen-bond donors (Lipinski definition) is 2. The number of carboxylic acid groups (broad SMARTS) is 1. The molecule has 0 bridgehead atoms. The average molecular weight is 337 g/mol. The highest BCUT2D eigenvalue weighted by Gasteiger charge is 2.23. The van der Waals surface area contributed by atoms with E-state index >= 15 is 0 Å². The lowest BCUT2D eigenvalue weighted by Crippen LogP contribution is -2.18. The number of carbonyl (C=O) groups is 1. The number of anilines is 1. The van der Waals surface area contributed by atoms with Gasteiger partial charge in [-0.2, -0.15) is 0 Å². The zero-order chi connectivity index (χ0) is 17.2. The van der Waals surface area contributed by atoms with Crippen LogP contribution in [0, 0.1) is 12.7 Å². The molecule has 0 aromatic heterocycles. The van der Waals surface area contributed by atoms with Gasteiger partial charge in [0.2, 0.25) is 0 Å². The molecule has 0 aliphatic rings. The lowest BCUT2D eigenvalue weighted by atomic mass is 9.99. The molecule has 7 heteroatoms. The Morgan fingerprint density at radius 3 is 2.43 bits per heavy atom. The molecule has 0 atom stereocenters. The lowest BCUT2D eigenvalue weighted by Gasteiger charge is -2.15. The standard InChI is InChI=1S/C16H16FNO4S/c1-3-11-8-9-13(15(10(11)2)16(19)20)18-23(21,22)14-7-5-4-6-12(14)17/h4-9,18H,3H2,1-2H3,(H,19,20). The minimum absolute atomic E-state index is 0.0875. The van der Waals surface area contributed by atoms with Crippen LogP contribution in [0.25, 0.3) is 0 Å². The molecule has 5 nitrogen and oxygen atoms in total. The van der Waals surface area contributed by atoms with Crippen LogP contribution < -0.4 is 4.72 Å². The van der Waals surface area contributed by atoms with Crippen molar-refractivity contribution in [3.8, 4) is 0 Å². The fraction of sp³-hybridized carbons (Fsp3) is 0.188. The molecule has 0 spiro atoms. The predicted molar refractivity (Wildman–Crippen MR) is 84.7 cm³/mol. The largest absolute Gasteiger partial charge is 0.478 e. The maximum atomic E-state index is 13.7. The number of aromatic carboxylic acids is 1. The first kappa shape index (κ1) is 17.0. The van der Waals surface area contributed by atoms with E-state index in [-0.39, 0.29) is 11.3 Å². The Hall–Kier alpha value is -2.41. The molecule has 2 aromatic rings.